The zero-order chi connectivity index (χ0) is 20.2. The highest BCUT2D eigenvalue weighted by atomic mass is 16.5. The third-order valence-electron chi connectivity index (χ3n) is 4.26. The summed E-state index contributed by atoms with van der Waals surface area (Å²) in [5, 5.41) is 9.56. The molecule has 0 fully saturated rings. The number of rotatable bonds is 5. The number of hydrogen-bond acceptors (Lipinski definition) is 8. The molecule has 4 aromatic rings. The van der Waals surface area contributed by atoms with Crippen LogP contribution in [0.1, 0.15) is 10.4 Å². The van der Waals surface area contributed by atoms with Crippen molar-refractivity contribution in [1.29, 1.82) is 0 Å². The first-order valence-corrected chi connectivity index (χ1v) is 8.63. The van der Waals surface area contributed by atoms with Gasteiger partial charge in [0.2, 0.25) is 0 Å². The topological polar surface area (TPSA) is 113 Å². The number of nitrogens with zero attached hydrogens (tertiary/aromatic N) is 5. The SMILES string of the molecule is CN(c1ccc(Oc2ncc(C(=O)NO)cn2)cc1)c1ncnc2ccccc12. The van der Waals surface area contributed by atoms with Gasteiger partial charge in [0.1, 0.15) is 17.9 Å². The third-order valence-corrected chi connectivity index (χ3v) is 4.26. The standard InChI is InChI=1S/C20H16N6O3/c1-26(18-16-4-2-3-5-17(16)23-12-24-18)14-6-8-15(9-7-14)29-20-21-10-13(11-22-20)19(27)25-28/h2-12,28H,1H3,(H,25,27). The van der Waals surface area contributed by atoms with Crippen LogP contribution in [0, 0.1) is 0 Å². The van der Waals surface area contributed by atoms with Crippen molar-refractivity contribution in [2.75, 3.05) is 11.9 Å². The van der Waals surface area contributed by atoms with Crippen molar-refractivity contribution in [3.8, 4) is 11.8 Å². The maximum absolute atomic E-state index is 11.3. The van der Waals surface area contributed by atoms with E-state index in [1.54, 1.807) is 18.5 Å². The molecule has 2 aromatic heterocycles. The molecule has 0 atom stereocenters. The van der Waals surface area contributed by atoms with E-state index in [-0.39, 0.29) is 11.6 Å². The van der Waals surface area contributed by atoms with Crippen LogP contribution in [0.15, 0.2) is 67.3 Å². The van der Waals surface area contributed by atoms with E-state index >= 15 is 0 Å². The molecular formula is C20H16N6O3. The minimum atomic E-state index is -0.693. The number of nitrogens with one attached hydrogen (secondary N) is 1. The van der Waals surface area contributed by atoms with E-state index in [0.717, 1.165) is 22.4 Å². The average molecular weight is 388 g/mol. The van der Waals surface area contributed by atoms with Crippen molar-refractivity contribution < 1.29 is 14.7 Å². The van der Waals surface area contributed by atoms with E-state index in [1.807, 2.05) is 48.3 Å². The molecule has 2 N–H and O–H groups in total. The van der Waals surface area contributed by atoms with E-state index in [2.05, 4.69) is 19.9 Å². The average Bonchev–Trinajstić information content (AvgIpc) is 2.78. The summed E-state index contributed by atoms with van der Waals surface area (Å²) < 4.78 is 5.60. The van der Waals surface area contributed by atoms with Gasteiger partial charge in [-0.05, 0) is 36.4 Å². The molecule has 144 valence electrons. The van der Waals surface area contributed by atoms with Crippen molar-refractivity contribution >= 4 is 28.3 Å². The van der Waals surface area contributed by atoms with Crippen molar-refractivity contribution in [3.63, 3.8) is 0 Å². The molecule has 0 unspecified atom stereocenters. The largest absolute Gasteiger partial charge is 0.424 e. The maximum atomic E-state index is 11.3. The first kappa shape index (κ1) is 18.3. The lowest BCUT2D eigenvalue weighted by molar-refractivity contribution is 0.0705. The number of ether oxygens (including phenoxy) is 1. The van der Waals surface area contributed by atoms with Gasteiger partial charge in [0.05, 0.1) is 11.1 Å². The molecule has 0 saturated carbocycles. The summed E-state index contributed by atoms with van der Waals surface area (Å²) in [6.45, 7) is 0. The van der Waals surface area contributed by atoms with Crippen LogP contribution in [-0.2, 0) is 0 Å². The van der Waals surface area contributed by atoms with Crippen LogP contribution >= 0.6 is 0 Å². The van der Waals surface area contributed by atoms with Crippen LogP contribution in [0.3, 0.4) is 0 Å². The number of carbonyl (C=O) groups excluding carboxylic acids is 1. The monoisotopic (exact) mass is 388 g/mol. The fraction of sp³-hybridized carbons (Fsp3) is 0.0500. The van der Waals surface area contributed by atoms with Crippen LogP contribution < -0.4 is 15.1 Å². The molecule has 0 spiro atoms. The van der Waals surface area contributed by atoms with Gasteiger partial charge in [0.25, 0.3) is 5.91 Å². The molecule has 29 heavy (non-hydrogen) atoms. The van der Waals surface area contributed by atoms with Crippen LogP contribution in [0.2, 0.25) is 0 Å². The number of anilines is 2. The lowest BCUT2D eigenvalue weighted by Crippen LogP contribution is -2.18. The molecule has 9 heteroatoms. The molecule has 0 bridgehead atoms. The van der Waals surface area contributed by atoms with Gasteiger partial charge in [0.15, 0.2) is 0 Å². The molecule has 2 aromatic carbocycles. The fourth-order valence-electron chi connectivity index (χ4n) is 2.77. The van der Waals surface area contributed by atoms with Crippen LogP contribution in [-0.4, -0.2) is 38.1 Å². The zero-order valence-electron chi connectivity index (χ0n) is 15.4. The van der Waals surface area contributed by atoms with Crippen LogP contribution in [0.25, 0.3) is 10.9 Å². The number of carbonyl (C=O) groups is 1. The second-order valence-corrected chi connectivity index (χ2v) is 6.06. The number of benzene rings is 2. The Morgan fingerprint density at radius 3 is 2.45 bits per heavy atom. The molecule has 0 radical (unpaired) electrons. The molecule has 4 rings (SSSR count). The highest BCUT2D eigenvalue weighted by molar-refractivity contribution is 5.92. The van der Waals surface area contributed by atoms with Crippen molar-refractivity contribution in [2.24, 2.45) is 0 Å². The smallest absolute Gasteiger partial charge is 0.321 e. The quantitative estimate of drug-likeness (QED) is 0.396. The van der Waals surface area contributed by atoms with E-state index in [4.69, 9.17) is 9.94 Å². The zero-order valence-corrected chi connectivity index (χ0v) is 15.4. The van der Waals surface area contributed by atoms with Gasteiger partial charge < -0.3 is 9.64 Å². The highest BCUT2D eigenvalue weighted by Gasteiger charge is 2.11. The molecular weight excluding hydrogens is 372 g/mol. The summed E-state index contributed by atoms with van der Waals surface area (Å²) in [5.74, 6) is 0.639. The summed E-state index contributed by atoms with van der Waals surface area (Å²) in [4.78, 5) is 29.9. The van der Waals surface area contributed by atoms with Gasteiger partial charge in [-0.25, -0.2) is 25.4 Å². The Kier molecular flexibility index (Phi) is 4.95. The molecule has 9 nitrogen and oxygen atoms in total. The Balaban J connectivity index is 1.52. The van der Waals surface area contributed by atoms with Gasteiger partial charge in [-0.2, -0.15) is 0 Å². The van der Waals surface area contributed by atoms with E-state index in [9.17, 15) is 4.79 Å². The summed E-state index contributed by atoms with van der Waals surface area (Å²) in [6.07, 6.45) is 4.07. The van der Waals surface area contributed by atoms with Gasteiger partial charge >= 0.3 is 6.01 Å². The Morgan fingerprint density at radius 2 is 1.72 bits per heavy atom. The van der Waals surface area contributed by atoms with Crippen molar-refractivity contribution in [1.82, 2.24) is 25.4 Å². The summed E-state index contributed by atoms with van der Waals surface area (Å²) in [7, 11) is 1.93. The van der Waals surface area contributed by atoms with Crippen LogP contribution in [0.5, 0.6) is 11.8 Å². The molecule has 0 aliphatic heterocycles. The minimum Gasteiger partial charge on any atom is -0.424 e. The number of amides is 1. The molecule has 0 saturated heterocycles. The summed E-state index contributed by atoms with van der Waals surface area (Å²) >= 11 is 0. The van der Waals surface area contributed by atoms with Gasteiger partial charge in [-0.3, -0.25) is 10.0 Å². The minimum absolute atomic E-state index is 0.0855. The number of para-hydroxylation sites is 1. The molecule has 2 heterocycles. The summed E-state index contributed by atoms with van der Waals surface area (Å²) in [5.41, 5.74) is 3.43. The lowest BCUT2D eigenvalue weighted by atomic mass is 10.2. The van der Waals surface area contributed by atoms with Crippen molar-refractivity contribution in [3.05, 3.63) is 72.8 Å². The van der Waals surface area contributed by atoms with E-state index < -0.39 is 5.91 Å². The van der Waals surface area contributed by atoms with E-state index in [1.165, 1.54) is 17.9 Å². The molecule has 0 aliphatic rings. The lowest BCUT2D eigenvalue weighted by Gasteiger charge is -2.20. The van der Waals surface area contributed by atoms with E-state index in [0.29, 0.717) is 5.75 Å². The van der Waals surface area contributed by atoms with Crippen molar-refractivity contribution in [2.45, 2.75) is 0 Å². The van der Waals surface area contributed by atoms with Crippen LogP contribution in [0.4, 0.5) is 11.5 Å². The predicted octanol–water partition coefficient (Wildman–Crippen LogP) is 3.10. The molecule has 0 aliphatic carbocycles. The van der Waals surface area contributed by atoms with Gasteiger partial charge in [-0.1, -0.05) is 12.1 Å². The number of fused-ring (bicyclic) bond motifs is 1. The van der Waals surface area contributed by atoms with Gasteiger partial charge in [-0.15, -0.1) is 0 Å². The second-order valence-electron chi connectivity index (χ2n) is 6.06. The first-order chi connectivity index (χ1) is 14.2. The Morgan fingerprint density at radius 1 is 1.00 bits per heavy atom. The number of hydrogen-bond donors (Lipinski definition) is 2. The Bertz CT molecular complexity index is 1140. The first-order valence-electron chi connectivity index (χ1n) is 8.63. The number of aromatic nitrogens is 4. The normalized spacial score (nSPS) is 10.6. The Hall–Kier alpha value is -4.11. The fourth-order valence-corrected chi connectivity index (χ4v) is 2.77. The van der Waals surface area contributed by atoms with Gasteiger partial charge in [0, 0.05) is 30.5 Å². The number of hydroxylamine groups is 1. The highest BCUT2D eigenvalue weighted by Crippen LogP contribution is 2.29. The molecule has 1 amide bonds. The third kappa shape index (κ3) is 3.80. The predicted molar refractivity (Wildman–Crippen MR) is 105 cm³/mol. The summed E-state index contributed by atoms with van der Waals surface area (Å²) in [6, 6.07) is 15.3. The Labute approximate surface area is 165 Å². The maximum Gasteiger partial charge on any atom is 0.321 e. The second kappa shape index (κ2) is 7.87.